The first-order chi connectivity index (χ1) is 14.5. The minimum Gasteiger partial charge on any atom is -0.364 e. The molecule has 2 N–H and O–H groups in total. The second-order valence-electron chi connectivity index (χ2n) is 7.59. The van der Waals surface area contributed by atoms with E-state index in [0.717, 1.165) is 44.4 Å². The predicted molar refractivity (Wildman–Crippen MR) is 120 cm³/mol. The van der Waals surface area contributed by atoms with Crippen molar-refractivity contribution in [2.45, 2.75) is 37.1 Å². The fourth-order valence-electron chi connectivity index (χ4n) is 3.77. The van der Waals surface area contributed by atoms with Crippen LogP contribution in [0, 0.1) is 0 Å². The van der Waals surface area contributed by atoms with Gasteiger partial charge in [-0.1, -0.05) is 37.3 Å². The van der Waals surface area contributed by atoms with Crippen LogP contribution < -0.4 is 10.0 Å². The summed E-state index contributed by atoms with van der Waals surface area (Å²) in [7, 11) is -3.76. The van der Waals surface area contributed by atoms with Crippen LogP contribution in [0.25, 0.3) is 11.0 Å². The van der Waals surface area contributed by atoms with Crippen molar-refractivity contribution in [2.24, 2.45) is 0 Å². The first kappa shape index (κ1) is 20.6. The lowest BCUT2D eigenvalue weighted by Gasteiger charge is -2.32. The standard InChI is InChI=1S/C22H27N5O2S/c1-2-14-27-15-12-17(13-16-27)23-21-22(25-20-11-7-6-10-19(20)24-21)26-30(28,29)18-8-4-3-5-9-18/h3-11,17H,2,12-16H2,1H3,(H,23,24)(H,25,26). The average molecular weight is 426 g/mol. The van der Waals surface area contributed by atoms with E-state index in [2.05, 4.69) is 31.8 Å². The van der Waals surface area contributed by atoms with Gasteiger partial charge in [-0.05, 0) is 50.1 Å². The summed E-state index contributed by atoms with van der Waals surface area (Å²) in [5.74, 6) is 0.704. The molecule has 3 aromatic rings. The Labute approximate surface area is 177 Å². The molecule has 1 aliphatic heterocycles. The van der Waals surface area contributed by atoms with Gasteiger partial charge in [-0.25, -0.2) is 18.4 Å². The Kier molecular flexibility index (Phi) is 6.15. The molecule has 0 spiro atoms. The van der Waals surface area contributed by atoms with Crippen LogP contribution in [0.4, 0.5) is 11.6 Å². The molecule has 2 heterocycles. The topological polar surface area (TPSA) is 87.2 Å². The Morgan fingerprint density at radius 2 is 1.53 bits per heavy atom. The maximum absolute atomic E-state index is 12.9. The Morgan fingerprint density at radius 3 is 2.17 bits per heavy atom. The number of aromatic nitrogens is 2. The smallest absolute Gasteiger partial charge is 0.263 e. The van der Waals surface area contributed by atoms with Crippen LogP contribution in [0.3, 0.4) is 0 Å². The first-order valence-corrected chi connectivity index (χ1v) is 11.9. The fraction of sp³-hybridized carbons (Fsp3) is 0.364. The average Bonchev–Trinajstić information content (AvgIpc) is 2.76. The number of sulfonamides is 1. The summed E-state index contributed by atoms with van der Waals surface area (Å²) < 4.78 is 28.4. The summed E-state index contributed by atoms with van der Waals surface area (Å²) in [5.41, 5.74) is 1.37. The van der Waals surface area contributed by atoms with Crippen molar-refractivity contribution in [3.63, 3.8) is 0 Å². The van der Waals surface area contributed by atoms with Gasteiger partial charge in [0.2, 0.25) is 0 Å². The summed E-state index contributed by atoms with van der Waals surface area (Å²) in [6.07, 6.45) is 3.12. The molecule has 8 heteroatoms. The molecule has 0 amide bonds. The van der Waals surface area contributed by atoms with Crippen LogP contribution in [-0.2, 0) is 10.0 Å². The van der Waals surface area contributed by atoms with E-state index in [0.29, 0.717) is 11.3 Å². The van der Waals surface area contributed by atoms with Gasteiger partial charge in [-0.3, -0.25) is 4.72 Å². The summed E-state index contributed by atoms with van der Waals surface area (Å²) in [5, 5.41) is 3.45. The van der Waals surface area contributed by atoms with Crippen LogP contribution in [0.15, 0.2) is 59.5 Å². The van der Waals surface area contributed by atoms with Crippen molar-refractivity contribution in [3.05, 3.63) is 54.6 Å². The summed E-state index contributed by atoms with van der Waals surface area (Å²) in [6.45, 7) is 5.36. The van der Waals surface area contributed by atoms with Crippen molar-refractivity contribution in [2.75, 3.05) is 29.7 Å². The summed E-state index contributed by atoms with van der Waals surface area (Å²) in [4.78, 5) is 11.9. The quantitative estimate of drug-likeness (QED) is 0.600. The summed E-state index contributed by atoms with van der Waals surface area (Å²) in [6, 6.07) is 16.0. The van der Waals surface area contributed by atoms with Crippen molar-refractivity contribution in [1.29, 1.82) is 0 Å². The maximum Gasteiger partial charge on any atom is 0.263 e. The Balaban J connectivity index is 1.62. The highest BCUT2D eigenvalue weighted by Crippen LogP contribution is 2.26. The van der Waals surface area contributed by atoms with Crippen molar-refractivity contribution < 1.29 is 8.42 Å². The van der Waals surface area contributed by atoms with Gasteiger partial charge in [-0.2, -0.15) is 0 Å². The van der Waals surface area contributed by atoms with Gasteiger partial charge in [0.1, 0.15) is 0 Å². The largest absolute Gasteiger partial charge is 0.364 e. The molecule has 0 bridgehead atoms. The number of fused-ring (bicyclic) bond motifs is 1. The Morgan fingerprint density at radius 1 is 0.933 bits per heavy atom. The Hall–Kier alpha value is -2.71. The van der Waals surface area contributed by atoms with E-state index < -0.39 is 10.0 Å². The highest BCUT2D eigenvalue weighted by molar-refractivity contribution is 7.92. The molecule has 7 nitrogen and oxygen atoms in total. The zero-order chi connectivity index (χ0) is 21.0. The normalized spacial score (nSPS) is 15.9. The molecule has 1 aromatic heterocycles. The lowest BCUT2D eigenvalue weighted by molar-refractivity contribution is 0.219. The van der Waals surface area contributed by atoms with Crippen LogP contribution >= 0.6 is 0 Å². The molecule has 0 saturated carbocycles. The molecule has 0 unspecified atom stereocenters. The minimum atomic E-state index is -3.76. The fourth-order valence-corrected chi connectivity index (χ4v) is 4.80. The van der Waals surface area contributed by atoms with Crippen LogP contribution in [0.2, 0.25) is 0 Å². The van der Waals surface area contributed by atoms with Crippen molar-refractivity contribution in [1.82, 2.24) is 14.9 Å². The molecule has 158 valence electrons. The zero-order valence-corrected chi connectivity index (χ0v) is 17.9. The Bertz CT molecular complexity index is 1100. The van der Waals surface area contributed by atoms with E-state index in [1.807, 2.05) is 24.3 Å². The lowest BCUT2D eigenvalue weighted by atomic mass is 10.0. The van der Waals surface area contributed by atoms with Gasteiger partial charge in [0.25, 0.3) is 10.0 Å². The van der Waals surface area contributed by atoms with Crippen LogP contribution in [-0.4, -0.2) is 49.0 Å². The number of benzene rings is 2. The molecule has 30 heavy (non-hydrogen) atoms. The third-order valence-corrected chi connectivity index (χ3v) is 6.68. The molecule has 0 radical (unpaired) electrons. The highest BCUT2D eigenvalue weighted by Gasteiger charge is 2.23. The number of para-hydroxylation sites is 2. The van der Waals surface area contributed by atoms with E-state index in [4.69, 9.17) is 0 Å². The predicted octanol–water partition coefficient (Wildman–Crippen LogP) is 3.72. The monoisotopic (exact) mass is 425 g/mol. The minimum absolute atomic E-state index is 0.193. The van der Waals surface area contributed by atoms with E-state index in [1.165, 1.54) is 0 Å². The van der Waals surface area contributed by atoms with Gasteiger partial charge in [0.15, 0.2) is 11.6 Å². The third-order valence-electron chi connectivity index (χ3n) is 5.32. The zero-order valence-electron chi connectivity index (χ0n) is 17.1. The number of likely N-dealkylation sites (tertiary alicyclic amines) is 1. The number of nitrogens with zero attached hydrogens (tertiary/aromatic N) is 3. The van der Waals surface area contributed by atoms with Crippen LogP contribution in [0.1, 0.15) is 26.2 Å². The van der Waals surface area contributed by atoms with Crippen molar-refractivity contribution >= 4 is 32.7 Å². The molecule has 4 rings (SSSR count). The molecule has 1 aliphatic rings. The highest BCUT2D eigenvalue weighted by atomic mass is 32.2. The van der Waals surface area contributed by atoms with E-state index in [9.17, 15) is 8.42 Å². The molecule has 0 aliphatic carbocycles. The van der Waals surface area contributed by atoms with E-state index in [1.54, 1.807) is 30.3 Å². The number of anilines is 2. The molecule has 2 aromatic carbocycles. The number of nitrogens with one attached hydrogen (secondary N) is 2. The molecule has 1 saturated heterocycles. The van der Waals surface area contributed by atoms with Crippen molar-refractivity contribution in [3.8, 4) is 0 Å². The third kappa shape index (κ3) is 4.71. The summed E-state index contributed by atoms with van der Waals surface area (Å²) >= 11 is 0. The number of rotatable bonds is 7. The van der Waals surface area contributed by atoms with E-state index in [-0.39, 0.29) is 16.8 Å². The van der Waals surface area contributed by atoms with Gasteiger partial charge < -0.3 is 10.2 Å². The number of hydrogen-bond acceptors (Lipinski definition) is 6. The number of piperidine rings is 1. The van der Waals surface area contributed by atoms with E-state index >= 15 is 0 Å². The maximum atomic E-state index is 12.9. The van der Waals surface area contributed by atoms with Gasteiger partial charge in [0.05, 0.1) is 15.9 Å². The second-order valence-corrected chi connectivity index (χ2v) is 9.27. The van der Waals surface area contributed by atoms with Gasteiger partial charge in [-0.15, -0.1) is 0 Å². The molecular formula is C22H27N5O2S. The molecular weight excluding hydrogens is 398 g/mol. The lowest BCUT2D eigenvalue weighted by Crippen LogP contribution is -2.39. The van der Waals surface area contributed by atoms with Gasteiger partial charge >= 0.3 is 0 Å². The van der Waals surface area contributed by atoms with Gasteiger partial charge in [0, 0.05) is 19.1 Å². The SMILES string of the molecule is CCCN1CCC(Nc2nc3ccccc3nc2NS(=O)(=O)c2ccccc2)CC1. The number of hydrogen-bond donors (Lipinski definition) is 2. The molecule has 0 atom stereocenters. The van der Waals surface area contributed by atoms with Crippen LogP contribution in [0.5, 0.6) is 0 Å². The first-order valence-electron chi connectivity index (χ1n) is 10.4. The second kappa shape index (κ2) is 8.97. The molecule has 1 fully saturated rings.